The molecule has 4 rings (SSSR count). The number of carbonyl (C=O) groups is 1. The summed E-state index contributed by atoms with van der Waals surface area (Å²) >= 11 is 13.6. The zero-order chi connectivity index (χ0) is 21.3. The molecule has 0 aliphatic carbocycles. The molecule has 30 heavy (non-hydrogen) atoms. The van der Waals surface area contributed by atoms with Gasteiger partial charge < -0.3 is 13.9 Å². The molecule has 1 amide bonds. The van der Waals surface area contributed by atoms with Crippen LogP contribution >= 0.6 is 34.5 Å². The Hall–Kier alpha value is -2.74. The van der Waals surface area contributed by atoms with Gasteiger partial charge in [-0.2, -0.15) is 0 Å². The van der Waals surface area contributed by atoms with E-state index in [2.05, 4.69) is 4.98 Å². The summed E-state index contributed by atoms with van der Waals surface area (Å²) in [5, 5.41) is 1.16. The first-order chi connectivity index (χ1) is 14.5. The van der Waals surface area contributed by atoms with E-state index in [-0.39, 0.29) is 17.5 Å². The summed E-state index contributed by atoms with van der Waals surface area (Å²) in [6.45, 7) is 0.176. The zero-order valence-electron chi connectivity index (χ0n) is 16.0. The van der Waals surface area contributed by atoms with E-state index in [0.717, 1.165) is 4.70 Å². The quantitative estimate of drug-likeness (QED) is 0.348. The highest BCUT2D eigenvalue weighted by Gasteiger charge is 2.26. The van der Waals surface area contributed by atoms with Crippen LogP contribution in [0.5, 0.6) is 11.5 Å². The molecule has 0 aliphatic rings. The van der Waals surface area contributed by atoms with Crippen LogP contribution in [0.4, 0.5) is 5.13 Å². The van der Waals surface area contributed by atoms with E-state index in [1.54, 1.807) is 56.9 Å². The zero-order valence-corrected chi connectivity index (χ0v) is 18.3. The van der Waals surface area contributed by atoms with Crippen LogP contribution in [-0.2, 0) is 6.54 Å². The minimum atomic E-state index is -0.329. The number of hydrogen-bond donors (Lipinski definition) is 0. The molecule has 154 valence electrons. The van der Waals surface area contributed by atoms with Gasteiger partial charge in [-0.1, -0.05) is 34.5 Å². The number of rotatable bonds is 6. The number of ether oxygens (including phenoxy) is 2. The fourth-order valence-electron chi connectivity index (χ4n) is 2.98. The Morgan fingerprint density at radius 1 is 1.13 bits per heavy atom. The fraction of sp³-hybridized carbons (Fsp3) is 0.143. The predicted molar refractivity (Wildman–Crippen MR) is 118 cm³/mol. The first kappa shape index (κ1) is 20.5. The average molecular weight is 463 g/mol. The molecule has 2 heterocycles. The lowest BCUT2D eigenvalue weighted by molar-refractivity contribution is 0.0983. The number of nitrogens with zero attached hydrogens (tertiary/aromatic N) is 2. The Morgan fingerprint density at radius 2 is 1.90 bits per heavy atom. The normalized spacial score (nSPS) is 10.9. The van der Waals surface area contributed by atoms with E-state index < -0.39 is 0 Å². The molecule has 6 nitrogen and oxygen atoms in total. The smallest absolute Gasteiger partial charge is 0.262 e. The van der Waals surface area contributed by atoms with Gasteiger partial charge in [-0.15, -0.1) is 0 Å². The van der Waals surface area contributed by atoms with E-state index >= 15 is 0 Å². The van der Waals surface area contributed by atoms with E-state index in [1.165, 1.54) is 22.3 Å². The van der Waals surface area contributed by atoms with Gasteiger partial charge in [0.15, 0.2) is 5.13 Å². The maximum absolute atomic E-state index is 13.5. The fourth-order valence-corrected chi connectivity index (χ4v) is 4.54. The summed E-state index contributed by atoms with van der Waals surface area (Å²) < 4.78 is 17.1. The average Bonchev–Trinajstić information content (AvgIpc) is 3.40. The van der Waals surface area contributed by atoms with Crippen LogP contribution in [-0.4, -0.2) is 25.1 Å². The van der Waals surface area contributed by atoms with Gasteiger partial charge in [0.1, 0.15) is 27.5 Å². The Labute approximate surface area is 186 Å². The SMILES string of the molecule is COc1ccc(OC)c2sc(N(Cc3ccco3)C(=O)c3ccc(Cl)cc3Cl)nc12. The molecule has 0 spiro atoms. The molecule has 2 aromatic heterocycles. The van der Waals surface area contributed by atoms with Crippen LogP contribution in [0.2, 0.25) is 10.0 Å². The number of carbonyl (C=O) groups excluding carboxylic acids is 1. The van der Waals surface area contributed by atoms with Crippen molar-refractivity contribution in [2.45, 2.75) is 6.54 Å². The van der Waals surface area contributed by atoms with E-state index in [4.69, 9.17) is 37.1 Å². The third-order valence-electron chi connectivity index (χ3n) is 4.43. The van der Waals surface area contributed by atoms with Gasteiger partial charge in [-0.3, -0.25) is 9.69 Å². The monoisotopic (exact) mass is 462 g/mol. The molecule has 4 aromatic rings. The van der Waals surface area contributed by atoms with Crippen LogP contribution in [0.15, 0.2) is 53.1 Å². The van der Waals surface area contributed by atoms with Crippen molar-refractivity contribution in [1.29, 1.82) is 0 Å². The third-order valence-corrected chi connectivity index (χ3v) is 6.07. The van der Waals surface area contributed by atoms with E-state index in [9.17, 15) is 4.79 Å². The first-order valence-corrected chi connectivity index (χ1v) is 10.4. The lowest BCUT2D eigenvalue weighted by Crippen LogP contribution is -2.30. The maximum atomic E-state index is 13.5. The summed E-state index contributed by atoms with van der Waals surface area (Å²) in [5.74, 6) is 1.50. The molecule has 9 heteroatoms. The summed E-state index contributed by atoms with van der Waals surface area (Å²) in [4.78, 5) is 19.6. The first-order valence-electron chi connectivity index (χ1n) is 8.82. The molecule has 0 fully saturated rings. The van der Waals surface area contributed by atoms with Crippen molar-refractivity contribution in [3.8, 4) is 11.5 Å². The second kappa shape index (κ2) is 8.55. The van der Waals surface area contributed by atoms with Gasteiger partial charge in [0.2, 0.25) is 0 Å². The topological polar surface area (TPSA) is 64.8 Å². The van der Waals surface area contributed by atoms with Gasteiger partial charge in [-0.25, -0.2) is 4.98 Å². The Kier molecular flexibility index (Phi) is 5.85. The number of thiazole rings is 1. The third kappa shape index (κ3) is 3.84. The number of methoxy groups -OCH3 is 2. The predicted octanol–water partition coefficient (Wildman–Crippen LogP) is 6.06. The highest BCUT2D eigenvalue weighted by Crippen LogP contribution is 2.41. The standard InChI is InChI=1S/C21H16Cl2N2O4S/c1-27-16-7-8-17(28-2)19-18(16)24-21(30-19)25(11-13-4-3-9-29-13)20(26)14-6-5-12(22)10-15(14)23/h3-10H,11H2,1-2H3. The maximum Gasteiger partial charge on any atom is 0.262 e. The number of furan rings is 1. The second-order valence-electron chi connectivity index (χ2n) is 6.24. The van der Waals surface area contributed by atoms with Crippen molar-refractivity contribution in [3.05, 3.63) is 70.1 Å². The Bertz CT molecular complexity index is 1170. The largest absolute Gasteiger partial charge is 0.495 e. The second-order valence-corrected chi connectivity index (χ2v) is 8.06. The molecule has 0 saturated heterocycles. The summed E-state index contributed by atoms with van der Waals surface area (Å²) in [7, 11) is 3.15. The summed E-state index contributed by atoms with van der Waals surface area (Å²) in [6.07, 6.45) is 1.55. The molecular formula is C21H16Cl2N2O4S. The Morgan fingerprint density at radius 3 is 2.57 bits per heavy atom. The number of amides is 1. The van der Waals surface area contributed by atoms with Crippen LogP contribution in [0.3, 0.4) is 0 Å². The molecular weight excluding hydrogens is 447 g/mol. The van der Waals surface area contributed by atoms with Gasteiger partial charge in [0.05, 0.1) is 37.6 Å². The molecule has 0 N–H and O–H groups in total. The van der Waals surface area contributed by atoms with Gasteiger partial charge in [0, 0.05) is 5.02 Å². The van der Waals surface area contributed by atoms with Crippen molar-refractivity contribution in [2.24, 2.45) is 0 Å². The van der Waals surface area contributed by atoms with Crippen LogP contribution in [0.25, 0.3) is 10.2 Å². The van der Waals surface area contributed by atoms with Gasteiger partial charge in [0.25, 0.3) is 5.91 Å². The lowest BCUT2D eigenvalue weighted by atomic mass is 10.2. The highest BCUT2D eigenvalue weighted by atomic mass is 35.5. The summed E-state index contributed by atoms with van der Waals surface area (Å²) in [6, 6.07) is 11.9. The van der Waals surface area contributed by atoms with Crippen LogP contribution < -0.4 is 14.4 Å². The molecule has 2 aromatic carbocycles. The Balaban J connectivity index is 1.84. The molecule has 0 unspecified atom stereocenters. The van der Waals surface area contributed by atoms with Crippen molar-refractivity contribution < 1.29 is 18.7 Å². The highest BCUT2D eigenvalue weighted by molar-refractivity contribution is 7.22. The molecule has 0 aliphatic heterocycles. The van der Waals surface area contributed by atoms with E-state index in [1.807, 2.05) is 0 Å². The van der Waals surface area contributed by atoms with Gasteiger partial charge in [-0.05, 0) is 42.5 Å². The molecule has 0 atom stereocenters. The van der Waals surface area contributed by atoms with Crippen molar-refractivity contribution in [3.63, 3.8) is 0 Å². The number of fused-ring (bicyclic) bond motifs is 1. The van der Waals surface area contributed by atoms with Gasteiger partial charge >= 0.3 is 0 Å². The van der Waals surface area contributed by atoms with Crippen molar-refractivity contribution in [1.82, 2.24) is 4.98 Å². The minimum absolute atomic E-state index is 0.176. The van der Waals surface area contributed by atoms with Crippen LogP contribution in [0.1, 0.15) is 16.1 Å². The molecule has 0 radical (unpaired) electrons. The number of halogens is 2. The molecule has 0 bridgehead atoms. The lowest BCUT2D eigenvalue weighted by Gasteiger charge is -2.19. The number of benzene rings is 2. The van der Waals surface area contributed by atoms with E-state index in [0.29, 0.717) is 38.5 Å². The number of hydrogen-bond acceptors (Lipinski definition) is 6. The van der Waals surface area contributed by atoms with Crippen molar-refractivity contribution in [2.75, 3.05) is 19.1 Å². The number of anilines is 1. The minimum Gasteiger partial charge on any atom is -0.495 e. The summed E-state index contributed by atoms with van der Waals surface area (Å²) in [5.41, 5.74) is 0.919. The van der Waals surface area contributed by atoms with Crippen molar-refractivity contribution >= 4 is 55.8 Å². The number of aromatic nitrogens is 1. The molecule has 0 saturated carbocycles. The van der Waals surface area contributed by atoms with Crippen LogP contribution in [0, 0.1) is 0 Å².